The molecular formula is C12H11BrClN3O. The summed E-state index contributed by atoms with van der Waals surface area (Å²) in [6.07, 6.45) is 0. The molecule has 0 bridgehead atoms. The van der Waals surface area contributed by atoms with E-state index in [-0.39, 0.29) is 0 Å². The van der Waals surface area contributed by atoms with Crippen LogP contribution in [0.3, 0.4) is 0 Å². The molecular weight excluding hydrogens is 318 g/mol. The minimum Gasteiger partial charge on any atom is -0.383 e. The van der Waals surface area contributed by atoms with Gasteiger partial charge in [-0.15, -0.1) is 0 Å². The Labute approximate surface area is 118 Å². The van der Waals surface area contributed by atoms with Crippen LogP contribution in [0.2, 0.25) is 5.02 Å². The summed E-state index contributed by atoms with van der Waals surface area (Å²) in [5, 5.41) is 0.630. The fraction of sp³-hybridized carbons (Fsp3) is 0.167. The van der Waals surface area contributed by atoms with E-state index >= 15 is 0 Å². The number of halogens is 2. The van der Waals surface area contributed by atoms with Crippen LogP contribution in [0.5, 0.6) is 0 Å². The molecule has 0 saturated carbocycles. The van der Waals surface area contributed by atoms with E-state index in [1.165, 1.54) is 0 Å². The summed E-state index contributed by atoms with van der Waals surface area (Å²) in [5.41, 5.74) is 7.37. The normalized spacial score (nSPS) is 10.6. The van der Waals surface area contributed by atoms with E-state index < -0.39 is 0 Å². The minimum atomic E-state index is 0.362. The summed E-state index contributed by atoms with van der Waals surface area (Å²) in [6, 6.07) is 7.31. The Hall–Kier alpha value is -1.17. The van der Waals surface area contributed by atoms with Gasteiger partial charge in [-0.2, -0.15) is 0 Å². The number of hydrogen-bond donors (Lipinski definition) is 1. The fourth-order valence-corrected chi connectivity index (χ4v) is 1.98. The van der Waals surface area contributed by atoms with Gasteiger partial charge in [-0.05, 0) is 28.1 Å². The molecule has 4 nitrogen and oxygen atoms in total. The summed E-state index contributed by atoms with van der Waals surface area (Å²) >= 11 is 9.29. The first-order chi connectivity index (χ1) is 8.61. The van der Waals surface area contributed by atoms with Crippen molar-refractivity contribution in [1.82, 2.24) is 9.97 Å². The maximum atomic E-state index is 5.95. The summed E-state index contributed by atoms with van der Waals surface area (Å²) in [4.78, 5) is 8.65. The molecule has 0 saturated heterocycles. The average molecular weight is 329 g/mol. The number of nitrogens with zero attached hydrogens (tertiary/aromatic N) is 2. The molecule has 2 aromatic rings. The van der Waals surface area contributed by atoms with Gasteiger partial charge in [0.05, 0.1) is 16.8 Å². The third kappa shape index (κ3) is 2.80. The zero-order valence-corrected chi connectivity index (χ0v) is 12.0. The lowest BCUT2D eigenvalue weighted by Crippen LogP contribution is -2.03. The highest BCUT2D eigenvalue weighted by molar-refractivity contribution is 9.10. The molecule has 0 atom stereocenters. The quantitative estimate of drug-likeness (QED) is 0.939. The van der Waals surface area contributed by atoms with Gasteiger partial charge < -0.3 is 10.5 Å². The summed E-state index contributed by atoms with van der Waals surface area (Å²) in [7, 11) is 1.60. The van der Waals surface area contributed by atoms with Crippen molar-refractivity contribution in [3.63, 3.8) is 0 Å². The van der Waals surface area contributed by atoms with Crippen LogP contribution in [0.4, 0.5) is 5.82 Å². The third-order valence-electron chi connectivity index (χ3n) is 2.31. The molecule has 0 aliphatic carbocycles. The summed E-state index contributed by atoms with van der Waals surface area (Å²) in [5.74, 6) is 0.914. The van der Waals surface area contributed by atoms with Gasteiger partial charge in [0.2, 0.25) is 0 Å². The molecule has 2 N–H and O–H groups in total. The molecule has 94 valence electrons. The van der Waals surface area contributed by atoms with Gasteiger partial charge in [-0.25, -0.2) is 9.97 Å². The second-order valence-corrected chi connectivity index (χ2v) is 4.87. The van der Waals surface area contributed by atoms with Gasteiger partial charge >= 0.3 is 0 Å². The number of ether oxygens (including phenoxy) is 1. The molecule has 0 aliphatic heterocycles. The first-order valence-electron chi connectivity index (χ1n) is 5.18. The van der Waals surface area contributed by atoms with Crippen molar-refractivity contribution >= 4 is 33.3 Å². The molecule has 0 spiro atoms. The predicted octanol–water partition coefficient (Wildman–Crippen LogP) is 3.29. The zero-order chi connectivity index (χ0) is 13.1. The SMILES string of the molecule is COCc1nc(-c2cccc(Cl)c2)nc(N)c1Br. The number of nitrogen functional groups attached to an aromatic ring is 1. The first kappa shape index (κ1) is 13.3. The smallest absolute Gasteiger partial charge is 0.161 e. The molecule has 2 rings (SSSR count). The van der Waals surface area contributed by atoms with Gasteiger partial charge in [0.25, 0.3) is 0 Å². The number of benzene rings is 1. The Balaban J connectivity index is 2.51. The number of aromatic nitrogens is 2. The second kappa shape index (κ2) is 5.65. The summed E-state index contributed by atoms with van der Waals surface area (Å²) in [6.45, 7) is 0.362. The molecule has 6 heteroatoms. The van der Waals surface area contributed by atoms with Crippen molar-refractivity contribution in [3.05, 3.63) is 39.5 Å². The van der Waals surface area contributed by atoms with E-state index in [4.69, 9.17) is 22.1 Å². The summed E-state index contributed by atoms with van der Waals surface area (Å²) < 4.78 is 5.74. The van der Waals surface area contributed by atoms with Crippen LogP contribution in [0, 0.1) is 0 Å². The Kier molecular flexibility index (Phi) is 4.16. The van der Waals surface area contributed by atoms with Crippen LogP contribution in [0.1, 0.15) is 5.69 Å². The molecule has 0 amide bonds. The molecule has 1 aromatic heterocycles. The van der Waals surface area contributed by atoms with Crippen molar-refractivity contribution in [2.45, 2.75) is 6.61 Å². The average Bonchev–Trinajstić information content (AvgIpc) is 2.35. The van der Waals surface area contributed by atoms with Crippen molar-refractivity contribution < 1.29 is 4.74 Å². The Morgan fingerprint density at radius 1 is 1.39 bits per heavy atom. The highest BCUT2D eigenvalue weighted by Crippen LogP contribution is 2.26. The van der Waals surface area contributed by atoms with Crippen LogP contribution in [0.25, 0.3) is 11.4 Å². The number of hydrogen-bond acceptors (Lipinski definition) is 4. The van der Waals surface area contributed by atoms with Crippen LogP contribution in [-0.4, -0.2) is 17.1 Å². The maximum Gasteiger partial charge on any atom is 0.161 e. The van der Waals surface area contributed by atoms with E-state index in [9.17, 15) is 0 Å². The number of rotatable bonds is 3. The monoisotopic (exact) mass is 327 g/mol. The lowest BCUT2D eigenvalue weighted by molar-refractivity contribution is 0.181. The van der Waals surface area contributed by atoms with E-state index in [0.717, 1.165) is 5.56 Å². The van der Waals surface area contributed by atoms with Gasteiger partial charge in [-0.3, -0.25) is 0 Å². The number of methoxy groups -OCH3 is 1. The highest BCUT2D eigenvalue weighted by Gasteiger charge is 2.11. The van der Waals surface area contributed by atoms with Crippen molar-refractivity contribution in [2.75, 3.05) is 12.8 Å². The Morgan fingerprint density at radius 3 is 2.83 bits per heavy atom. The standard InChI is InChI=1S/C12H11BrClN3O/c1-18-6-9-10(13)11(15)17-12(16-9)7-3-2-4-8(14)5-7/h2-5H,6H2,1H3,(H2,15,16,17). The fourth-order valence-electron chi connectivity index (χ4n) is 1.50. The van der Waals surface area contributed by atoms with Crippen molar-refractivity contribution in [2.24, 2.45) is 0 Å². The lowest BCUT2D eigenvalue weighted by atomic mass is 10.2. The maximum absolute atomic E-state index is 5.95. The Bertz CT molecular complexity index is 577. The van der Waals surface area contributed by atoms with E-state index in [1.54, 1.807) is 19.2 Å². The highest BCUT2D eigenvalue weighted by atomic mass is 79.9. The van der Waals surface area contributed by atoms with E-state index in [0.29, 0.717) is 33.4 Å². The largest absolute Gasteiger partial charge is 0.383 e. The third-order valence-corrected chi connectivity index (χ3v) is 3.41. The number of anilines is 1. The zero-order valence-electron chi connectivity index (χ0n) is 9.65. The lowest BCUT2D eigenvalue weighted by Gasteiger charge is -2.08. The molecule has 1 aromatic carbocycles. The van der Waals surface area contributed by atoms with Gasteiger partial charge in [-0.1, -0.05) is 23.7 Å². The molecule has 0 radical (unpaired) electrons. The number of nitrogens with two attached hydrogens (primary N) is 1. The molecule has 0 fully saturated rings. The minimum absolute atomic E-state index is 0.362. The van der Waals surface area contributed by atoms with Crippen LogP contribution < -0.4 is 5.73 Å². The van der Waals surface area contributed by atoms with Gasteiger partial charge in [0.1, 0.15) is 5.82 Å². The molecule has 18 heavy (non-hydrogen) atoms. The van der Waals surface area contributed by atoms with Crippen molar-refractivity contribution in [1.29, 1.82) is 0 Å². The topological polar surface area (TPSA) is 61.0 Å². The van der Waals surface area contributed by atoms with E-state index in [2.05, 4.69) is 25.9 Å². The van der Waals surface area contributed by atoms with Crippen LogP contribution in [0.15, 0.2) is 28.7 Å². The molecule has 0 unspecified atom stereocenters. The van der Waals surface area contributed by atoms with Gasteiger partial charge in [0, 0.05) is 17.7 Å². The van der Waals surface area contributed by atoms with Crippen LogP contribution in [-0.2, 0) is 11.3 Å². The van der Waals surface area contributed by atoms with Crippen molar-refractivity contribution in [3.8, 4) is 11.4 Å². The molecule has 0 aliphatic rings. The second-order valence-electron chi connectivity index (χ2n) is 3.64. The van der Waals surface area contributed by atoms with Crippen LogP contribution >= 0.6 is 27.5 Å². The van der Waals surface area contributed by atoms with Gasteiger partial charge in [0.15, 0.2) is 5.82 Å². The van der Waals surface area contributed by atoms with E-state index in [1.807, 2.05) is 12.1 Å². The first-order valence-corrected chi connectivity index (χ1v) is 6.35. The predicted molar refractivity (Wildman–Crippen MR) is 75.3 cm³/mol. The molecule has 1 heterocycles. The Morgan fingerprint density at radius 2 is 2.17 bits per heavy atom.